The molecule has 0 bridgehead atoms. The molecule has 1 atom stereocenters. The van der Waals surface area contributed by atoms with Gasteiger partial charge in [-0.05, 0) is 19.6 Å². The first-order chi connectivity index (χ1) is 7.97. The molecule has 0 aliphatic rings. The van der Waals surface area contributed by atoms with Gasteiger partial charge in [0.05, 0.1) is 6.42 Å². The summed E-state index contributed by atoms with van der Waals surface area (Å²) in [6.45, 7) is 8.94. The number of thioether (sulfide) groups is 1. The van der Waals surface area contributed by atoms with Crippen molar-refractivity contribution in [2.24, 2.45) is 0 Å². The first-order valence-electron chi connectivity index (χ1n) is 5.57. The number of esters is 2. The summed E-state index contributed by atoms with van der Waals surface area (Å²) in [7, 11) is 0. The van der Waals surface area contributed by atoms with Crippen molar-refractivity contribution in [2.75, 3.05) is 18.1 Å². The van der Waals surface area contributed by atoms with Gasteiger partial charge in [-0.3, -0.25) is 4.79 Å². The molecule has 0 radical (unpaired) electrons. The van der Waals surface area contributed by atoms with Crippen LogP contribution in [0.3, 0.4) is 0 Å². The molecule has 0 amide bonds. The predicted octanol–water partition coefficient (Wildman–Crippen LogP) is 2.18. The number of hydrogen-bond donors (Lipinski definition) is 0. The normalized spacial score (nSPS) is 11.7. The van der Waals surface area contributed by atoms with Crippen molar-refractivity contribution in [1.82, 2.24) is 0 Å². The number of carbonyl (C=O) groups excluding carboxylic acids is 2. The van der Waals surface area contributed by atoms with Crippen LogP contribution in [-0.2, 0) is 19.1 Å². The molecule has 0 aromatic heterocycles. The molecular formula is C12H20O4S. The third kappa shape index (κ3) is 8.80. The minimum Gasteiger partial charge on any atom is -0.462 e. The molecule has 0 aliphatic carbocycles. The van der Waals surface area contributed by atoms with E-state index in [-0.39, 0.29) is 25.1 Å². The lowest BCUT2D eigenvalue weighted by Gasteiger charge is -2.12. The molecule has 1 unspecified atom stereocenters. The molecule has 98 valence electrons. The zero-order chi connectivity index (χ0) is 13.3. The van der Waals surface area contributed by atoms with Crippen LogP contribution in [0.15, 0.2) is 12.2 Å². The fourth-order valence-electron chi connectivity index (χ4n) is 0.951. The summed E-state index contributed by atoms with van der Waals surface area (Å²) < 4.78 is 9.91. The third-order valence-electron chi connectivity index (χ3n) is 1.78. The average Bonchev–Trinajstić information content (AvgIpc) is 2.25. The molecule has 0 aromatic rings. The Morgan fingerprint density at radius 3 is 2.59 bits per heavy atom. The topological polar surface area (TPSA) is 52.6 Å². The molecule has 4 nitrogen and oxygen atoms in total. The van der Waals surface area contributed by atoms with Crippen LogP contribution in [0.1, 0.15) is 27.2 Å². The number of hydrogen-bond acceptors (Lipinski definition) is 5. The Kier molecular flexibility index (Phi) is 8.58. The third-order valence-corrected chi connectivity index (χ3v) is 2.89. The fraction of sp³-hybridized carbons (Fsp3) is 0.667. The van der Waals surface area contributed by atoms with E-state index in [2.05, 4.69) is 13.5 Å². The minimum atomic E-state index is -0.479. The SMILES string of the molecule is C=C(C)C(=O)OCCC(=O)OC(C)CSCC. The van der Waals surface area contributed by atoms with Gasteiger partial charge in [0, 0.05) is 11.3 Å². The Labute approximate surface area is 107 Å². The summed E-state index contributed by atoms with van der Waals surface area (Å²) in [5.41, 5.74) is 0.325. The van der Waals surface area contributed by atoms with Crippen molar-refractivity contribution >= 4 is 23.7 Å². The highest BCUT2D eigenvalue weighted by Gasteiger charge is 2.10. The van der Waals surface area contributed by atoms with Crippen molar-refractivity contribution in [3.05, 3.63) is 12.2 Å². The Hall–Kier alpha value is -0.970. The quantitative estimate of drug-likeness (QED) is 0.494. The van der Waals surface area contributed by atoms with Crippen molar-refractivity contribution in [3.63, 3.8) is 0 Å². The Bertz CT molecular complexity index is 276. The van der Waals surface area contributed by atoms with Crippen molar-refractivity contribution in [3.8, 4) is 0 Å². The highest BCUT2D eigenvalue weighted by molar-refractivity contribution is 7.99. The summed E-state index contributed by atoms with van der Waals surface area (Å²) in [6, 6.07) is 0. The lowest BCUT2D eigenvalue weighted by Crippen LogP contribution is -2.19. The molecule has 5 heteroatoms. The van der Waals surface area contributed by atoms with Gasteiger partial charge < -0.3 is 9.47 Å². The predicted molar refractivity (Wildman–Crippen MR) is 68.9 cm³/mol. The maximum atomic E-state index is 11.3. The largest absolute Gasteiger partial charge is 0.462 e. The molecule has 17 heavy (non-hydrogen) atoms. The van der Waals surface area contributed by atoms with E-state index in [0.717, 1.165) is 11.5 Å². The van der Waals surface area contributed by atoms with Crippen LogP contribution in [0.4, 0.5) is 0 Å². The first kappa shape index (κ1) is 16.0. The summed E-state index contributed by atoms with van der Waals surface area (Å²) in [6.07, 6.45) is -0.0237. The van der Waals surface area contributed by atoms with Crippen molar-refractivity contribution in [2.45, 2.75) is 33.3 Å². The highest BCUT2D eigenvalue weighted by Crippen LogP contribution is 2.05. The van der Waals surface area contributed by atoms with E-state index in [1.165, 1.54) is 0 Å². The molecule has 0 N–H and O–H groups in total. The Balaban J connectivity index is 3.66. The number of ether oxygens (including phenoxy) is 2. The van der Waals surface area contributed by atoms with E-state index in [9.17, 15) is 9.59 Å². The minimum absolute atomic E-state index is 0.0398. The summed E-state index contributed by atoms with van der Waals surface area (Å²) in [5.74, 6) is 0.961. The first-order valence-corrected chi connectivity index (χ1v) is 6.72. The Morgan fingerprint density at radius 1 is 1.41 bits per heavy atom. The summed E-state index contributed by atoms with van der Waals surface area (Å²) >= 11 is 1.72. The van der Waals surface area contributed by atoms with Crippen LogP contribution in [0.25, 0.3) is 0 Å². The second kappa shape index (κ2) is 9.10. The summed E-state index contributed by atoms with van der Waals surface area (Å²) in [4.78, 5) is 22.3. The van der Waals surface area contributed by atoms with Crippen molar-refractivity contribution < 1.29 is 19.1 Å². The highest BCUT2D eigenvalue weighted by atomic mass is 32.2. The van der Waals surface area contributed by atoms with E-state index in [4.69, 9.17) is 9.47 Å². The molecule has 0 aromatic carbocycles. The smallest absolute Gasteiger partial charge is 0.333 e. The van der Waals surface area contributed by atoms with E-state index in [1.807, 2.05) is 6.92 Å². The maximum absolute atomic E-state index is 11.3. The van der Waals surface area contributed by atoms with Crippen LogP contribution in [-0.4, -0.2) is 36.2 Å². The lowest BCUT2D eigenvalue weighted by molar-refractivity contribution is -0.150. The second-order valence-corrected chi connectivity index (χ2v) is 4.95. The molecule has 0 spiro atoms. The van der Waals surface area contributed by atoms with Gasteiger partial charge >= 0.3 is 11.9 Å². The van der Waals surface area contributed by atoms with Gasteiger partial charge in [0.25, 0.3) is 0 Å². The van der Waals surface area contributed by atoms with E-state index >= 15 is 0 Å². The van der Waals surface area contributed by atoms with Crippen LogP contribution < -0.4 is 0 Å². The fourth-order valence-corrected chi connectivity index (χ4v) is 1.59. The second-order valence-electron chi connectivity index (χ2n) is 3.63. The maximum Gasteiger partial charge on any atom is 0.333 e. The molecule has 0 rings (SSSR count). The van der Waals surface area contributed by atoms with Crippen LogP contribution in [0, 0.1) is 0 Å². The van der Waals surface area contributed by atoms with Gasteiger partial charge in [0.2, 0.25) is 0 Å². The zero-order valence-electron chi connectivity index (χ0n) is 10.7. The van der Waals surface area contributed by atoms with Crippen LogP contribution in [0.2, 0.25) is 0 Å². The number of rotatable bonds is 8. The Morgan fingerprint density at radius 2 is 2.06 bits per heavy atom. The molecular weight excluding hydrogens is 240 g/mol. The molecule has 0 saturated carbocycles. The standard InChI is InChI=1S/C12H20O4S/c1-5-17-8-10(4)16-11(13)6-7-15-12(14)9(2)3/h10H,2,5-8H2,1,3-4H3. The number of carbonyl (C=O) groups is 2. The zero-order valence-corrected chi connectivity index (χ0v) is 11.5. The summed E-state index contributed by atoms with van der Waals surface area (Å²) in [5, 5.41) is 0. The van der Waals surface area contributed by atoms with Crippen LogP contribution >= 0.6 is 11.8 Å². The van der Waals surface area contributed by atoms with Gasteiger partial charge in [0.1, 0.15) is 12.7 Å². The molecule has 0 fully saturated rings. The van der Waals surface area contributed by atoms with E-state index in [0.29, 0.717) is 5.57 Å². The molecule has 0 heterocycles. The van der Waals surface area contributed by atoms with Gasteiger partial charge in [0.15, 0.2) is 0 Å². The van der Waals surface area contributed by atoms with E-state index in [1.54, 1.807) is 18.7 Å². The van der Waals surface area contributed by atoms with Crippen LogP contribution in [0.5, 0.6) is 0 Å². The van der Waals surface area contributed by atoms with Gasteiger partial charge in [-0.1, -0.05) is 13.5 Å². The van der Waals surface area contributed by atoms with E-state index < -0.39 is 5.97 Å². The van der Waals surface area contributed by atoms with Crippen molar-refractivity contribution in [1.29, 1.82) is 0 Å². The molecule has 0 aliphatic heterocycles. The van der Waals surface area contributed by atoms with Gasteiger partial charge in [-0.25, -0.2) is 4.79 Å². The monoisotopic (exact) mass is 260 g/mol. The average molecular weight is 260 g/mol. The van der Waals surface area contributed by atoms with Gasteiger partial charge in [-0.15, -0.1) is 0 Å². The lowest BCUT2D eigenvalue weighted by atomic mass is 10.3. The van der Waals surface area contributed by atoms with Gasteiger partial charge in [-0.2, -0.15) is 11.8 Å². The molecule has 0 saturated heterocycles.